The van der Waals surface area contributed by atoms with Gasteiger partial charge in [0.2, 0.25) is 10.0 Å². The molecule has 2 unspecified atom stereocenters. The summed E-state index contributed by atoms with van der Waals surface area (Å²) in [7, 11) is -3.67. The van der Waals surface area contributed by atoms with Crippen LogP contribution in [0.15, 0.2) is 23.2 Å². The Kier molecular flexibility index (Phi) is 4.73. The minimum absolute atomic E-state index is 0.0280. The SMILES string of the molecule is CC1CCCC(NS(=O)(=O)c2cccnc2C#N)CC1. The second kappa shape index (κ2) is 6.33. The number of hydrogen-bond donors (Lipinski definition) is 1. The van der Waals surface area contributed by atoms with Crippen molar-refractivity contribution in [2.24, 2.45) is 5.92 Å². The van der Waals surface area contributed by atoms with E-state index in [2.05, 4.69) is 16.6 Å². The minimum atomic E-state index is -3.67. The highest BCUT2D eigenvalue weighted by molar-refractivity contribution is 7.89. The predicted molar refractivity (Wildman–Crippen MR) is 75.3 cm³/mol. The monoisotopic (exact) mass is 293 g/mol. The van der Waals surface area contributed by atoms with E-state index in [-0.39, 0.29) is 16.6 Å². The van der Waals surface area contributed by atoms with E-state index in [1.165, 1.54) is 18.3 Å². The molecular weight excluding hydrogens is 274 g/mol. The van der Waals surface area contributed by atoms with Gasteiger partial charge in [-0.05, 0) is 37.3 Å². The Balaban J connectivity index is 2.17. The van der Waals surface area contributed by atoms with Crippen LogP contribution in [-0.4, -0.2) is 19.4 Å². The maximum absolute atomic E-state index is 12.4. The zero-order chi connectivity index (χ0) is 14.6. The van der Waals surface area contributed by atoms with Gasteiger partial charge in [-0.25, -0.2) is 18.1 Å². The zero-order valence-corrected chi connectivity index (χ0v) is 12.4. The van der Waals surface area contributed by atoms with Crippen molar-refractivity contribution < 1.29 is 8.42 Å². The van der Waals surface area contributed by atoms with E-state index in [0.717, 1.165) is 32.1 Å². The first-order valence-electron chi connectivity index (χ1n) is 6.90. The van der Waals surface area contributed by atoms with E-state index in [1.807, 2.05) is 6.07 Å². The number of nitrogens with one attached hydrogen (secondary N) is 1. The molecule has 0 aromatic carbocycles. The van der Waals surface area contributed by atoms with Crippen molar-refractivity contribution in [3.63, 3.8) is 0 Å². The number of nitrogens with zero attached hydrogens (tertiary/aromatic N) is 2. The third kappa shape index (κ3) is 3.56. The smallest absolute Gasteiger partial charge is 0.243 e. The Morgan fingerprint density at radius 3 is 2.90 bits per heavy atom. The molecule has 0 aliphatic heterocycles. The quantitative estimate of drug-likeness (QED) is 0.866. The molecule has 20 heavy (non-hydrogen) atoms. The highest BCUT2D eigenvalue weighted by Crippen LogP contribution is 2.24. The van der Waals surface area contributed by atoms with Gasteiger partial charge >= 0.3 is 0 Å². The van der Waals surface area contributed by atoms with E-state index in [4.69, 9.17) is 5.26 Å². The Bertz CT molecular complexity index is 607. The van der Waals surface area contributed by atoms with Gasteiger partial charge in [-0.3, -0.25) is 0 Å². The van der Waals surface area contributed by atoms with Crippen molar-refractivity contribution in [3.8, 4) is 6.07 Å². The van der Waals surface area contributed by atoms with E-state index < -0.39 is 10.0 Å². The Morgan fingerprint density at radius 2 is 2.15 bits per heavy atom. The first-order chi connectivity index (χ1) is 9.53. The van der Waals surface area contributed by atoms with Crippen LogP contribution < -0.4 is 4.72 Å². The molecule has 5 nitrogen and oxygen atoms in total. The molecule has 2 atom stereocenters. The summed E-state index contributed by atoms with van der Waals surface area (Å²) in [4.78, 5) is 3.78. The summed E-state index contributed by atoms with van der Waals surface area (Å²) in [6.07, 6.45) is 6.34. The van der Waals surface area contributed by atoms with Gasteiger partial charge < -0.3 is 0 Å². The molecule has 0 radical (unpaired) electrons. The third-order valence-corrected chi connectivity index (χ3v) is 5.30. The average Bonchev–Trinajstić information content (AvgIpc) is 2.63. The third-order valence-electron chi connectivity index (χ3n) is 3.75. The van der Waals surface area contributed by atoms with Gasteiger partial charge in [0.25, 0.3) is 0 Å². The van der Waals surface area contributed by atoms with Crippen LogP contribution in [0, 0.1) is 17.2 Å². The largest absolute Gasteiger partial charge is 0.244 e. The van der Waals surface area contributed by atoms with Crippen LogP contribution in [0.4, 0.5) is 0 Å². The normalized spacial score (nSPS) is 23.8. The molecule has 1 heterocycles. The molecule has 2 rings (SSSR count). The molecular formula is C14H19N3O2S. The van der Waals surface area contributed by atoms with Crippen LogP contribution in [0.1, 0.15) is 44.7 Å². The number of rotatable bonds is 3. The maximum Gasteiger partial charge on any atom is 0.243 e. The first kappa shape index (κ1) is 14.9. The van der Waals surface area contributed by atoms with E-state index in [0.29, 0.717) is 5.92 Å². The summed E-state index contributed by atoms with van der Waals surface area (Å²) in [6.45, 7) is 2.20. The number of aromatic nitrogens is 1. The van der Waals surface area contributed by atoms with Crippen LogP contribution in [0.3, 0.4) is 0 Å². The van der Waals surface area contributed by atoms with Crippen molar-refractivity contribution in [3.05, 3.63) is 24.0 Å². The molecule has 0 bridgehead atoms. The van der Waals surface area contributed by atoms with Crippen LogP contribution >= 0.6 is 0 Å². The average molecular weight is 293 g/mol. The molecule has 1 saturated carbocycles. The second-order valence-electron chi connectivity index (χ2n) is 5.39. The predicted octanol–water partition coefficient (Wildman–Crippen LogP) is 2.20. The summed E-state index contributed by atoms with van der Waals surface area (Å²) < 4.78 is 27.5. The lowest BCUT2D eigenvalue weighted by atomic mass is 10.0. The number of nitriles is 1. The van der Waals surface area contributed by atoms with Gasteiger partial charge in [-0.15, -0.1) is 0 Å². The van der Waals surface area contributed by atoms with Crippen molar-refractivity contribution in [2.75, 3.05) is 0 Å². The minimum Gasteiger partial charge on any atom is -0.244 e. The van der Waals surface area contributed by atoms with Crippen LogP contribution in [0.2, 0.25) is 0 Å². The maximum atomic E-state index is 12.4. The lowest BCUT2D eigenvalue weighted by Gasteiger charge is -2.16. The Hall–Kier alpha value is -1.45. The molecule has 1 N–H and O–H groups in total. The second-order valence-corrected chi connectivity index (χ2v) is 7.08. The van der Waals surface area contributed by atoms with Gasteiger partial charge in [0.1, 0.15) is 11.0 Å². The molecule has 1 aromatic rings. The summed E-state index contributed by atoms with van der Waals surface area (Å²) in [5.74, 6) is 0.651. The van der Waals surface area contributed by atoms with Gasteiger partial charge in [0.15, 0.2) is 5.69 Å². The molecule has 1 fully saturated rings. The van der Waals surface area contributed by atoms with Gasteiger partial charge in [0, 0.05) is 12.2 Å². The fourth-order valence-electron chi connectivity index (χ4n) is 2.58. The zero-order valence-electron chi connectivity index (χ0n) is 11.5. The lowest BCUT2D eigenvalue weighted by Crippen LogP contribution is -2.35. The Labute approximate surface area is 120 Å². The first-order valence-corrected chi connectivity index (χ1v) is 8.38. The molecule has 0 spiro atoms. The fraction of sp³-hybridized carbons (Fsp3) is 0.571. The molecule has 108 valence electrons. The van der Waals surface area contributed by atoms with Crippen LogP contribution in [-0.2, 0) is 10.0 Å². The van der Waals surface area contributed by atoms with E-state index in [9.17, 15) is 8.42 Å². The van der Waals surface area contributed by atoms with Crippen LogP contribution in [0.5, 0.6) is 0 Å². The van der Waals surface area contributed by atoms with Crippen molar-refractivity contribution >= 4 is 10.0 Å². The molecule has 0 saturated heterocycles. The standard InChI is InChI=1S/C14H19N3O2S/c1-11-4-2-5-12(8-7-11)17-20(18,19)14-6-3-9-16-13(14)10-15/h3,6,9,11-12,17H,2,4-5,7-8H2,1H3. The summed E-state index contributed by atoms with van der Waals surface area (Å²) >= 11 is 0. The Morgan fingerprint density at radius 1 is 1.35 bits per heavy atom. The summed E-state index contributed by atoms with van der Waals surface area (Å²) in [5.41, 5.74) is -0.0537. The van der Waals surface area contributed by atoms with Crippen molar-refractivity contribution in [2.45, 2.75) is 50.0 Å². The van der Waals surface area contributed by atoms with Gasteiger partial charge in [0.05, 0.1) is 0 Å². The van der Waals surface area contributed by atoms with Gasteiger partial charge in [-0.2, -0.15) is 5.26 Å². The topological polar surface area (TPSA) is 82.8 Å². The number of sulfonamides is 1. The highest BCUT2D eigenvalue weighted by Gasteiger charge is 2.25. The molecule has 1 aliphatic rings. The molecule has 1 aromatic heterocycles. The molecule has 0 amide bonds. The molecule has 1 aliphatic carbocycles. The van der Waals surface area contributed by atoms with Crippen molar-refractivity contribution in [1.82, 2.24) is 9.71 Å². The highest BCUT2D eigenvalue weighted by atomic mass is 32.2. The van der Waals surface area contributed by atoms with Crippen LogP contribution in [0.25, 0.3) is 0 Å². The van der Waals surface area contributed by atoms with Crippen molar-refractivity contribution in [1.29, 1.82) is 5.26 Å². The number of pyridine rings is 1. The summed E-state index contributed by atoms with van der Waals surface area (Å²) in [6, 6.07) is 4.74. The van der Waals surface area contributed by atoms with Gasteiger partial charge in [-0.1, -0.05) is 19.8 Å². The van der Waals surface area contributed by atoms with E-state index in [1.54, 1.807) is 0 Å². The fourth-order valence-corrected chi connectivity index (χ4v) is 3.99. The lowest BCUT2D eigenvalue weighted by molar-refractivity contribution is 0.484. The summed E-state index contributed by atoms with van der Waals surface area (Å²) in [5, 5.41) is 8.96. The molecule has 6 heteroatoms. The van der Waals surface area contributed by atoms with E-state index >= 15 is 0 Å². The number of hydrogen-bond acceptors (Lipinski definition) is 4.